The Balaban J connectivity index is 0.000000261. The summed E-state index contributed by atoms with van der Waals surface area (Å²) in [6.07, 6.45) is 5.42. The highest BCUT2D eigenvalue weighted by Crippen LogP contribution is 1.90. The molecular weight excluding hydrogens is 150 g/mol. The zero-order valence-electron chi connectivity index (χ0n) is 7.45. The number of hydrogen-bond acceptors (Lipinski definition) is 3. The van der Waals surface area contributed by atoms with Gasteiger partial charge >= 0.3 is 0 Å². The lowest BCUT2D eigenvalue weighted by Gasteiger charge is -2.08. The molecule has 2 N–H and O–H groups in total. The Kier molecular flexibility index (Phi) is 7.28. The lowest BCUT2D eigenvalue weighted by Crippen LogP contribution is -2.18. The maximum Gasteiger partial charge on any atom is 0.0854 e. The largest absolute Gasteiger partial charge is 0.357 e. The number of rotatable bonds is 3. The van der Waals surface area contributed by atoms with Crippen LogP contribution in [0.15, 0.2) is 30.3 Å². The molecule has 0 fully saturated rings. The first kappa shape index (κ1) is 10.9. The monoisotopic (exact) mass is 167 g/mol. The first-order chi connectivity index (χ1) is 5.85. The van der Waals surface area contributed by atoms with E-state index in [1.165, 1.54) is 0 Å². The summed E-state index contributed by atoms with van der Waals surface area (Å²) in [6, 6.07) is 0. The standard InChI is InChI=1S/C6H10N2.C3H7N/c1-2-4-8-5-3-7-6-8;1-2-3-4/h2,6H,1,3-5H2;2H,1,3-4H2. The van der Waals surface area contributed by atoms with Gasteiger partial charge in [0.2, 0.25) is 0 Å². The average Bonchev–Trinajstić information content (AvgIpc) is 2.58. The van der Waals surface area contributed by atoms with Crippen LogP contribution in [0.1, 0.15) is 0 Å². The smallest absolute Gasteiger partial charge is 0.0854 e. The van der Waals surface area contributed by atoms with Crippen molar-refractivity contribution in [2.45, 2.75) is 0 Å². The molecule has 12 heavy (non-hydrogen) atoms. The molecule has 68 valence electrons. The molecule has 0 aliphatic carbocycles. The number of aliphatic imine (C=N–C) groups is 1. The topological polar surface area (TPSA) is 41.6 Å². The molecular formula is C9H17N3. The van der Waals surface area contributed by atoms with Crippen LogP contribution in [0.4, 0.5) is 0 Å². The summed E-state index contributed by atoms with van der Waals surface area (Å²) >= 11 is 0. The van der Waals surface area contributed by atoms with Crippen molar-refractivity contribution in [3.8, 4) is 0 Å². The van der Waals surface area contributed by atoms with Crippen molar-refractivity contribution >= 4 is 6.34 Å². The quantitative estimate of drug-likeness (QED) is 0.627. The first-order valence-electron chi connectivity index (χ1n) is 4.01. The molecule has 1 aliphatic heterocycles. The fourth-order valence-corrected chi connectivity index (χ4v) is 0.721. The summed E-state index contributed by atoms with van der Waals surface area (Å²) < 4.78 is 0. The molecule has 1 rings (SSSR count). The van der Waals surface area contributed by atoms with Crippen LogP contribution in [0.5, 0.6) is 0 Å². The van der Waals surface area contributed by atoms with Gasteiger partial charge in [-0.1, -0.05) is 12.2 Å². The highest BCUT2D eigenvalue weighted by Gasteiger charge is 1.99. The normalized spacial score (nSPS) is 13.6. The van der Waals surface area contributed by atoms with Crippen LogP contribution in [0.2, 0.25) is 0 Å². The van der Waals surface area contributed by atoms with Crippen molar-refractivity contribution in [3.63, 3.8) is 0 Å². The van der Waals surface area contributed by atoms with Gasteiger partial charge < -0.3 is 10.6 Å². The van der Waals surface area contributed by atoms with Gasteiger partial charge in [0.1, 0.15) is 0 Å². The first-order valence-corrected chi connectivity index (χ1v) is 4.01. The van der Waals surface area contributed by atoms with Gasteiger partial charge in [-0.25, -0.2) is 0 Å². The van der Waals surface area contributed by atoms with Gasteiger partial charge in [-0.2, -0.15) is 0 Å². The second kappa shape index (κ2) is 8.01. The van der Waals surface area contributed by atoms with E-state index in [4.69, 9.17) is 5.73 Å². The molecule has 0 amide bonds. The zero-order chi connectivity index (χ0) is 9.23. The van der Waals surface area contributed by atoms with Crippen molar-refractivity contribution < 1.29 is 0 Å². The van der Waals surface area contributed by atoms with Gasteiger partial charge in [0.15, 0.2) is 0 Å². The fourth-order valence-electron chi connectivity index (χ4n) is 0.721. The van der Waals surface area contributed by atoms with Crippen LogP contribution in [-0.2, 0) is 0 Å². The molecule has 0 aromatic carbocycles. The second-order valence-corrected chi connectivity index (χ2v) is 2.33. The van der Waals surface area contributed by atoms with Crippen molar-refractivity contribution in [2.75, 3.05) is 26.2 Å². The van der Waals surface area contributed by atoms with E-state index in [0.29, 0.717) is 6.54 Å². The molecule has 0 bridgehead atoms. The summed E-state index contributed by atoms with van der Waals surface area (Å²) in [5.74, 6) is 0. The summed E-state index contributed by atoms with van der Waals surface area (Å²) in [5, 5.41) is 0. The van der Waals surface area contributed by atoms with Gasteiger partial charge in [-0.15, -0.1) is 13.2 Å². The van der Waals surface area contributed by atoms with E-state index in [9.17, 15) is 0 Å². The summed E-state index contributed by atoms with van der Waals surface area (Å²) in [5.41, 5.74) is 4.91. The van der Waals surface area contributed by atoms with E-state index in [0.717, 1.165) is 19.6 Å². The lowest BCUT2D eigenvalue weighted by atomic mass is 10.5. The Morgan fingerprint density at radius 2 is 2.17 bits per heavy atom. The van der Waals surface area contributed by atoms with Crippen LogP contribution in [-0.4, -0.2) is 37.4 Å². The maximum atomic E-state index is 4.91. The SMILES string of the molecule is C=CCN.C=CCN1C=NCC1. The van der Waals surface area contributed by atoms with E-state index in [2.05, 4.69) is 23.1 Å². The van der Waals surface area contributed by atoms with Crippen LogP contribution in [0.25, 0.3) is 0 Å². The summed E-state index contributed by atoms with van der Waals surface area (Å²) in [4.78, 5) is 6.17. The molecule has 0 saturated carbocycles. The Bertz CT molecular complexity index is 152. The van der Waals surface area contributed by atoms with E-state index in [-0.39, 0.29) is 0 Å². The highest BCUT2D eigenvalue weighted by molar-refractivity contribution is 5.57. The Hall–Kier alpha value is -1.09. The second-order valence-electron chi connectivity index (χ2n) is 2.33. The predicted molar refractivity (Wildman–Crippen MR) is 54.4 cm³/mol. The van der Waals surface area contributed by atoms with Crippen LogP contribution >= 0.6 is 0 Å². The van der Waals surface area contributed by atoms with E-state index in [1.807, 2.05) is 12.4 Å². The van der Waals surface area contributed by atoms with Crippen LogP contribution in [0.3, 0.4) is 0 Å². The third kappa shape index (κ3) is 5.68. The van der Waals surface area contributed by atoms with Gasteiger partial charge in [-0.3, -0.25) is 4.99 Å². The van der Waals surface area contributed by atoms with E-state index < -0.39 is 0 Å². The van der Waals surface area contributed by atoms with E-state index in [1.54, 1.807) is 6.08 Å². The highest BCUT2D eigenvalue weighted by atomic mass is 15.2. The van der Waals surface area contributed by atoms with Gasteiger partial charge in [0.05, 0.1) is 12.9 Å². The molecule has 0 spiro atoms. The minimum atomic E-state index is 0.583. The molecule has 0 atom stereocenters. The van der Waals surface area contributed by atoms with Crippen LogP contribution < -0.4 is 5.73 Å². The molecule has 3 heteroatoms. The molecule has 0 radical (unpaired) electrons. The van der Waals surface area contributed by atoms with Crippen molar-refractivity contribution in [3.05, 3.63) is 25.3 Å². The minimum absolute atomic E-state index is 0.583. The van der Waals surface area contributed by atoms with Crippen molar-refractivity contribution in [1.29, 1.82) is 0 Å². The van der Waals surface area contributed by atoms with E-state index >= 15 is 0 Å². The fraction of sp³-hybridized carbons (Fsp3) is 0.444. The Morgan fingerprint density at radius 1 is 1.50 bits per heavy atom. The lowest BCUT2D eigenvalue weighted by molar-refractivity contribution is 0.519. The molecule has 3 nitrogen and oxygen atoms in total. The molecule has 0 aromatic rings. The minimum Gasteiger partial charge on any atom is -0.357 e. The summed E-state index contributed by atoms with van der Waals surface area (Å²) in [6.45, 7) is 10.5. The average molecular weight is 167 g/mol. The number of nitrogens with zero attached hydrogens (tertiary/aromatic N) is 2. The number of nitrogens with two attached hydrogens (primary N) is 1. The van der Waals surface area contributed by atoms with Gasteiger partial charge in [0, 0.05) is 19.6 Å². The third-order valence-corrected chi connectivity index (χ3v) is 1.29. The predicted octanol–water partition coefficient (Wildman–Crippen LogP) is 0.647. The zero-order valence-corrected chi connectivity index (χ0v) is 7.45. The summed E-state index contributed by atoms with van der Waals surface area (Å²) in [7, 11) is 0. The van der Waals surface area contributed by atoms with Crippen molar-refractivity contribution in [1.82, 2.24) is 4.90 Å². The Labute approximate surface area is 74.3 Å². The maximum absolute atomic E-state index is 4.91. The molecule has 0 saturated heterocycles. The number of hydrogen-bond donors (Lipinski definition) is 1. The molecule has 0 unspecified atom stereocenters. The van der Waals surface area contributed by atoms with Gasteiger partial charge in [0.25, 0.3) is 0 Å². The van der Waals surface area contributed by atoms with Gasteiger partial charge in [-0.05, 0) is 0 Å². The third-order valence-electron chi connectivity index (χ3n) is 1.29. The Morgan fingerprint density at radius 3 is 2.50 bits per heavy atom. The van der Waals surface area contributed by atoms with Crippen molar-refractivity contribution in [2.24, 2.45) is 10.7 Å². The van der Waals surface area contributed by atoms with Crippen LogP contribution in [0, 0.1) is 0 Å². The molecule has 1 heterocycles. The molecule has 1 aliphatic rings. The molecule has 0 aromatic heterocycles.